The quantitative estimate of drug-likeness (QED) is 0.628. The predicted octanol–water partition coefficient (Wildman–Crippen LogP) is 2.97. The number of carbonyl (C=O) groups excluding carboxylic acids is 2. The summed E-state index contributed by atoms with van der Waals surface area (Å²) in [5.41, 5.74) is 2.39. The van der Waals surface area contributed by atoms with Gasteiger partial charge in [0.25, 0.3) is 5.91 Å². The molecule has 2 amide bonds. The normalized spacial score (nSPS) is 10.6. The Balaban J connectivity index is 1.56. The third-order valence-corrected chi connectivity index (χ3v) is 4.58. The van der Waals surface area contributed by atoms with E-state index >= 15 is 0 Å². The molecule has 3 aromatic rings. The first-order chi connectivity index (χ1) is 12.9. The van der Waals surface area contributed by atoms with Crippen molar-refractivity contribution in [3.8, 4) is 0 Å². The zero-order chi connectivity index (χ0) is 19.4. The number of anilines is 2. The van der Waals surface area contributed by atoms with Crippen LogP contribution in [0.4, 0.5) is 11.4 Å². The summed E-state index contributed by atoms with van der Waals surface area (Å²) in [6.45, 7) is 2.37. The number of benzene rings is 1. The monoisotopic (exact) mass is 430 g/mol. The molecule has 0 bridgehead atoms. The van der Waals surface area contributed by atoms with Crippen molar-refractivity contribution >= 4 is 39.1 Å². The van der Waals surface area contributed by atoms with Gasteiger partial charge in [0.05, 0.1) is 10.2 Å². The van der Waals surface area contributed by atoms with Crippen molar-refractivity contribution in [1.29, 1.82) is 0 Å². The number of nitrogens with one attached hydrogen (secondary N) is 2. The molecular weight excluding hydrogens is 412 g/mol. The lowest BCUT2D eigenvalue weighted by Crippen LogP contribution is -2.16. The Labute approximate surface area is 164 Å². The Morgan fingerprint density at radius 3 is 2.52 bits per heavy atom. The minimum Gasteiger partial charge on any atom is -0.326 e. The van der Waals surface area contributed by atoms with Crippen molar-refractivity contribution < 1.29 is 9.59 Å². The molecular formula is C18H19BrN6O2. The van der Waals surface area contributed by atoms with Crippen molar-refractivity contribution in [2.45, 2.75) is 19.9 Å². The van der Waals surface area contributed by atoms with Crippen molar-refractivity contribution in [2.75, 3.05) is 10.6 Å². The Bertz CT molecular complexity index is 958. The molecule has 0 aliphatic rings. The standard InChI is InChI=1S/C18H19BrN6O2/c1-12-15(19)11-25(22-12)9-7-17(26)20-13-4-3-5-14(10-13)21-18(27)16-6-8-24(2)23-16/h3-6,8,10-11H,7,9H2,1-2H3,(H,20,26)(H,21,27). The average molecular weight is 431 g/mol. The molecule has 2 N–H and O–H groups in total. The Morgan fingerprint density at radius 2 is 1.89 bits per heavy atom. The number of carbonyl (C=O) groups is 2. The Morgan fingerprint density at radius 1 is 1.15 bits per heavy atom. The number of amides is 2. The van der Waals surface area contributed by atoms with Gasteiger partial charge in [-0.15, -0.1) is 0 Å². The molecule has 0 aliphatic carbocycles. The minimum atomic E-state index is -0.307. The van der Waals surface area contributed by atoms with Crippen molar-refractivity contribution in [2.24, 2.45) is 7.05 Å². The zero-order valence-electron chi connectivity index (χ0n) is 14.9. The first-order valence-electron chi connectivity index (χ1n) is 8.31. The molecule has 3 rings (SSSR count). The summed E-state index contributed by atoms with van der Waals surface area (Å²) in [4.78, 5) is 24.3. The second kappa shape index (κ2) is 8.17. The smallest absolute Gasteiger partial charge is 0.276 e. The van der Waals surface area contributed by atoms with Crippen LogP contribution in [0.3, 0.4) is 0 Å². The molecule has 2 aromatic heterocycles. The van der Waals surface area contributed by atoms with E-state index in [4.69, 9.17) is 0 Å². The molecule has 0 fully saturated rings. The van der Waals surface area contributed by atoms with Gasteiger partial charge in [-0.05, 0) is 47.1 Å². The van der Waals surface area contributed by atoms with Gasteiger partial charge >= 0.3 is 0 Å². The van der Waals surface area contributed by atoms with Crippen LogP contribution in [0.1, 0.15) is 22.6 Å². The van der Waals surface area contributed by atoms with Crippen LogP contribution < -0.4 is 10.6 Å². The highest BCUT2D eigenvalue weighted by Crippen LogP contribution is 2.17. The van der Waals surface area contributed by atoms with Crippen LogP contribution in [0.5, 0.6) is 0 Å². The number of aryl methyl sites for hydroxylation is 3. The maximum atomic E-state index is 12.2. The van der Waals surface area contributed by atoms with Gasteiger partial charge < -0.3 is 10.6 Å². The second-order valence-corrected chi connectivity index (χ2v) is 6.89. The molecule has 1 aromatic carbocycles. The fourth-order valence-electron chi connectivity index (χ4n) is 2.45. The van der Waals surface area contributed by atoms with Crippen LogP contribution in [0, 0.1) is 6.92 Å². The summed E-state index contributed by atoms with van der Waals surface area (Å²) in [6.07, 6.45) is 3.83. The largest absolute Gasteiger partial charge is 0.326 e. The first-order valence-corrected chi connectivity index (χ1v) is 9.10. The summed E-state index contributed by atoms with van der Waals surface area (Å²) in [5, 5.41) is 14.0. The van der Waals surface area contributed by atoms with E-state index in [1.165, 1.54) is 0 Å². The first kappa shape index (κ1) is 18.8. The molecule has 8 nitrogen and oxygen atoms in total. The van der Waals surface area contributed by atoms with Crippen molar-refractivity contribution in [3.63, 3.8) is 0 Å². The summed E-state index contributed by atoms with van der Waals surface area (Å²) in [5.74, 6) is -0.439. The van der Waals surface area contributed by atoms with E-state index in [0.29, 0.717) is 23.6 Å². The second-order valence-electron chi connectivity index (χ2n) is 6.03. The van der Waals surface area contributed by atoms with E-state index in [9.17, 15) is 9.59 Å². The highest BCUT2D eigenvalue weighted by atomic mass is 79.9. The lowest BCUT2D eigenvalue weighted by Gasteiger charge is -2.08. The van der Waals surface area contributed by atoms with Gasteiger partial charge in [0.1, 0.15) is 0 Å². The van der Waals surface area contributed by atoms with Crippen LogP contribution in [0.2, 0.25) is 0 Å². The molecule has 140 valence electrons. The highest BCUT2D eigenvalue weighted by Gasteiger charge is 2.10. The van der Waals surface area contributed by atoms with Gasteiger partial charge in [-0.25, -0.2) is 0 Å². The van der Waals surface area contributed by atoms with Crippen molar-refractivity contribution in [3.05, 3.63) is 58.6 Å². The number of halogens is 1. The van der Waals surface area contributed by atoms with Gasteiger partial charge in [-0.1, -0.05) is 6.07 Å². The summed E-state index contributed by atoms with van der Waals surface area (Å²) in [7, 11) is 1.75. The highest BCUT2D eigenvalue weighted by molar-refractivity contribution is 9.10. The molecule has 0 atom stereocenters. The van der Waals surface area contributed by atoms with E-state index < -0.39 is 0 Å². The molecule has 0 radical (unpaired) electrons. The number of aromatic nitrogens is 4. The van der Waals surface area contributed by atoms with E-state index in [0.717, 1.165) is 10.2 Å². The van der Waals surface area contributed by atoms with Crippen LogP contribution in [0.25, 0.3) is 0 Å². The van der Waals surface area contributed by atoms with Gasteiger partial charge in [-0.3, -0.25) is 19.0 Å². The topological polar surface area (TPSA) is 93.8 Å². The Hall–Kier alpha value is -2.94. The fourth-order valence-corrected chi connectivity index (χ4v) is 2.77. The van der Waals surface area contributed by atoms with Crippen LogP contribution in [-0.4, -0.2) is 31.4 Å². The minimum absolute atomic E-state index is 0.132. The van der Waals surface area contributed by atoms with Gasteiger partial charge in [0.15, 0.2) is 5.69 Å². The molecule has 0 saturated heterocycles. The molecule has 0 saturated carbocycles. The van der Waals surface area contributed by atoms with Crippen LogP contribution in [-0.2, 0) is 18.4 Å². The molecule has 9 heteroatoms. The van der Waals surface area contributed by atoms with Crippen LogP contribution in [0.15, 0.2) is 47.2 Å². The predicted molar refractivity (Wildman–Crippen MR) is 106 cm³/mol. The third kappa shape index (κ3) is 5.04. The lowest BCUT2D eigenvalue weighted by molar-refractivity contribution is -0.116. The Kier molecular flexibility index (Phi) is 5.70. The summed E-state index contributed by atoms with van der Waals surface area (Å²) < 4.78 is 4.20. The molecule has 0 aliphatic heterocycles. The number of hydrogen-bond acceptors (Lipinski definition) is 4. The maximum Gasteiger partial charge on any atom is 0.276 e. The number of hydrogen-bond donors (Lipinski definition) is 2. The van der Waals surface area contributed by atoms with Crippen molar-refractivity contribution in [1.82, 2.24) is 19.6 Å². The SMILES string of the molecule is Cc1nn(CCC(=O)Nc2cccc(NC(=O)c3ccn(C)n3)c2)cc1Br. The third-order valence-electron chi connectivity index (χ3n) is 3.80. The fraction of sp³-hybridized carbons (Fsp3) is 0.222. The lowest BCUT2D eigenvalue weighted by atomic mass is 10.2. The van der Waals surface area contributed by atoms with Gasteiger partial charge in [0, 0.05) is 43.8 Å². The van der Waals surface area contributed by atoms with Gasteiger partial charge in [-0.2, -0.15) is 10.2 Å². The summed E-state index contributed by atoms with van der Waals surface area (Å²) in [6, 6.07) is 8.62. The molecule has 27 heavy (non-hydrogen) atoms. The average Bonchev–Trinajstić information content (AvgIpc) is 3.19. The molecule has 2 heterocycles. The van der Waals surface area contributed by atoms with Gasteiger partial charge in [0.2, 0.25) is 5.91 Å². The van der Waals surface area contributed by atoms with E-state index in [2.05, 4.69) is 36.8 Å². The van der Waals surface area contributed by atoms with E-state index in [-0.39, 0.29) is 18.2 Å². The molecule has 0 unspecified atom stereocenters. The number of rotatable bonds is 6. The van der Waals surface area contributed by atoms with E-state index in [1.54, 1.807) is 52.9 Å². The number of nitrogens with zero attached hydrogens (tertiary/aromatic N) is 4. The maximum absolute atomic E-state index is 12.2. The molecule has 0 spiro atoms. The van der Waals surface area contributed by atoms with Crippen LogP contribution >= 0.6 is 15.9 Å². The zero-order valence-corrected chi connectivity index (χ0v) is 16.5. The summed E-state index contributed by atoms with van der Waals surface area (Å²) >= 11 is 3.40. The van der Waals surface area contributed by atoms with E-state index in [1.807, 2.05) is 13.1 Å².